The molecule has 2 heterocycles. The van der Waals surface area contributed by atoms with Crippen molar-refractivity contribution in [3.63, 3.8) is 0 Å². The molecule has 1 aromatic heterocycles. The number of benzene rings is 1. The van der Waals surface area contributed by atoms with Gasteiger partial charge in [0.15, 0.2) is 5.82 Å². The van der Waals surface area contributed by atoms with E-state index in [0.29, 0.717) is 23.9 Å². The average Bonchev–Trinajstić information content (AvgIpc) is 3.07. The van der Waals surface area contributed by atoms with Crippen LogP contribution in [0.25, 0.3) is 5.69 Å². The number of piperazine rings is 1. The summed E-state index contributed by atoms with van der Waals surface area (Å²) in [6, 6.07) is 9.77. The Kier molecular flexibility index (Phi) is 4.96. The molecule has 0 saturated carbocycles. The number of ether oxygens (including phenoxy) is 1. The number of nitrogens with zero attached hydrogens (tertiary/aromatic N) is 6. The molecule has 1 aliphatic heterocycles. The van der Waals surface area contributed by atoms with E-state index < -0.39 is 0 Å². The number of para-hydroxylation sites is 2. The fourth-order valence-electron chi connectivity index (χ4n) is 2.87. The van der Waals surface area contributed by atoms with Crippen LogP contribution >= 0.6 is 0 Å². The zero-order valence-electron chi connectivity index (χ0n) is 14.1. The molecule has 1 saturated heterocycles. The third-order valence-electron chi connectivity index (χ3n) is 4.20. The lowest BCUT2D eigenvalue weighted by molar-refractivity contribution is 0.270. The molecule has 0 radical (unpaired) electrons. The van der Waals surface area contributed by atoms with Crippen LogP contribution in [0.15, 0.2) is 24.3 Å². The Morgan fingerprint density at radius 1 is 1.12 bits per heavy atom. The molecule has 0 unspecified atom stereocenters. The van der Waals surface area contributed by atoms with E-state index in [-0.39, 0.29) is 0 Å². The van der Waals surface area contributed by atoms with Crippen molar-refractivity contribution in [1.82, 2.24) is 19.9 Å². The van der Waals surface area contributed by atoms with Crippen molar-refractivity contribution in [3.8, 4) is 17.5 Å². The summed E-state index contributed by atoms with van der Waals surface area (Å²) in [6.07, 6.45) is 0. The van der Waals surface area contributed by atoms with Crippen LogP contribution in [0.4, 0.5) is 5.82 Å². The zero-order valence-corrected chi connectivity index (χ0v) is 14.1. The number of rotatable bonds is 5. The van der Waals surface area contributed by atoms with E-state index in [1.807, 2.05) is 31.2 Å². The van der Waals surface area contributed by atoms with Gasteiger partial charge in [-0.3, -0.25) is 0 Å². The molecule has 0 N–H and O–H groups in total. The maximum absolute atomic E-state index is 9.45. The topological polar surface area (TPSA) is 70.2 Å². The number of likely N-dealkylation sites (N-methyl/N-ethyl adjacent to an activating group) is 1. The summed E-state index contributed by atoms with van der Waals surface area (Å²) < 4.78 is 5.64. The highest BCUT2D eigenvalue weighted by Gasteiger charge is 2.23. The van der Waals surface area contributed by atoms with Gasteiger partial charge in [-0.1, -0.05) is 19.1 Å². The predicted octanol–water partition coefficient (Wildman–Crippen LogP) is 1.68. The lowest BCUT2D eigenvalue weighted by Gasteiger charge is -2.33. The first-order valence-corrected chi connectivity index (χ1v) is 8.33. The Bertz CT molecular complexity index is 727. The van der Waals surface area contributed by atoms with Crippen molar-refractivity contribution < 1.29 is 4.74 Å². The quantitative estimate of drug-likeness (QED) is 0.832. The van der Waals surface area contributed by atoms with Gasteiger partial charge in [-0.05, 0) is 25.6 Å². The van der Waals surface area contributed by atoms with Gasteiger partial charge in [-0.25, -0.2) is 0 Å². The molecule has 7 heteroatoms. The van der Waals surface area contributed by atoms with E-state index in [0.717, 1.165) is 38.4 Å². The third kappa shape index (κ3) is 3.19. The highest BCUT2D eigenvalue weighted by Crippen LogP contribution is 2.24. The van der Waals surface area contributed by atoms with Gasteiger partial charge in [0.2, 0.25) is 5.69 Å². The van der Waals surface area contributed by atoms with Crippen molar-refractivity contribution in [2.24, 2.45) is 0 Å². The van der Waals surface area contributed by atoms with Gasteiger partial charge in [0.1, 0.15) is 17.5 Å². The lowest BCUT2D eigenvalue weighted by Crippen LogP contribution is -2.46. The molecule has 1 aliphatic rings. The fraction of sp³-hybridized carbons (Fsp3) is 0.471. The molecule has 126 valence electrons. The standard InChI is InChI=1S/C17H22N6O/c1-3-21-9-11-22(12-10-21)17-14(13-18)19-23(20-17)15-7-5-6-8-16(15)24-4-2/h5-8H,3-4,9-12H2,1-2H3. The average molecular weight is 326 g/mol. The summed E-state index contributed by atoms with van der Waals surface area (Å²) in [6.45, 7) is 9.38. The molecule has 7 nitrogen and oxygen atoms in total. The van der Waals surface area contributed by atoms with E-state index in [1.54, 1.807) is 0 Å². The van der Waals surface area contributed by atoms with Crippen LogP contribution in [-0.4, -0.2) is 59.2 Å². The van der Waals surface area contributed by atoms with Gasteiger partial charge in [-0.15, -0.1) is 15.0 Å². The first-order valence-electron chi connectivity index (χ1n) is 8.33. The molecule has 0 bridgehead atoms. The Hall–Kier alpha value is -2.59. The SMILES string of the molecule is CCOc1ccccc1-n1nc(C#N)c(N2CCN(CC)CC2)n1. The molecule has 0 amide bonds. The predicted molar refractivity (Wildman–Crippen MR) is 91.6 cm³/mol. The summed E-state index contributed by atoms with van der Waals surface area (Å²) in [5, 5.41) is 18.4. The molecule has 1 aromatic carbocycles. The number of aromatic nitrogens is 3. The summed E-state index contributed by atoms with van der Waals surface area (Å²) >= 11 is 0. The van der Waals surface area contributed by atoms with Crippen molar-refractivity contribution in [2.75, 3.05) is 44.2 Å². The molecule has 0 atom stereocenters. The van der Waals surface area contributed by atoms with E-state index in [2.05, 4.69) is 33.0 Å². The van der Waals surface area contributed by atoms with Gasteiger partial charge in [0, 0.05) is 26.2 Å². The Balaban J connectivity index is 1.90. The molecule has 3 rings (SSSR count). The van der Waals surface area contributed by atoms with Gasteiger partial charge in [-0.2, -0.15) is 5.26 Å². The van der Waals surface area contributed by atoms with E-state index in [1.165, 1.54) is 4.80 Å². The number of hydrogen-bond donors (Lipinski definition) is 0. The van der Waals surface area contributed by atoms with Crippen LogP contribution in [0.3, 0.4) is 0 Å². The minimum atomic E-state index is 0.353. The monoisotopic (exact) mass is 326 g/mol. The number of nitriles is 1. The van der Waals surface area contributed by atoms with E-state index in [9.17, 15) is 5.26 Å². The summed E-state index contributed by atoms with van der Waals surface area (Å²) in [5.74, 6) is 1.36. The molecular weight excluding hydrogens is 304 g/mol. The van der Waals surface area contributed by atoms with Crippen LogP contribution in [0, 0.1) is 11.3 Å². The third-order valence-corrected chi connectivity index (χ3v) is 4.20. The summed E-state index contributed by atoms with van der Waals surface area (Å²) in [5.41, 5.74) is 1.10. The van der Waals surface area contributed by atoms with Crippen molar-refractivity contribution in [3.05, 3.63) is 30.0 Å². The van der Waals surface area contributed by atoms with E-state index in [4.69, 9.17) is 4.74 Å². The van der Waals surface area contributed by atoms with Gasteiger partial charge < -0.3 is 14.5 Å². The molecule has 2 aromatic rings. The van der Waals surface area contributed by atoms with Crippen LogP contribution in [0.2, 0.25) is 0 Å². The zero-order chi connectivity index (χ0) is 16.9. The minimum absolute atomic E-state index is 0.353. The highest BCUT2D eigenvalue weighted by atomic mass is 16.5. The van der Waals surface area contributed by atoms with Crippen LogP contribution in [0.5, 0.6) is 5.75 Å². The molecular formula is C17H22N6O. The lowest BCUT2D eigenvalue weighted by atomic mass is 10.3. The normalized spacial score (nSPS) is 15.3. The largest absolute Gasteiger partial charge is 0.492 e. The van der Waals surface area contributed by atoms with Crippen molar-refractivity contribution in [1.29, 1.82) is 5.26 Å². The van der Waals surface area contributed by atoms with Crippen LogP contribution in [0.1, 0.15) is 19.5 Å². The molecule has 0 aliphatic carbocycles. The van der Waals surface area contributed by atoms with Crippen LogP contribution < -0.4 is 9.64 Å². The maximum atomic E-state index is 9.45. The molecule has 0 spiro atoms. The second-order valence-corrected chi connectivity index (χ2v) is 5.60. The summed E-state index contributed by atoms with van der Waals surface area (Å²) in [4.78, 5) is 6.03. The van der Waals surface area contributed by atoms with Gasteiger partial charge in [0.05, 0.1) is 6.61 Å². The maximum Gasteiger partial charge on any atom is 0.207 e. The van der Waals surface area contributed by atoms with Crippen LogP contribution in [-0.2, 0) is 0 Å². The van der Waals surface area contributed by atoms with Gasteiger partial charge in [0.25, 0.3) is 0 Å². The molecule has 24 heavy (non-hydrogen) atoms. The minimum Gasteiger partial charge on any atom is -0.492 e. The first kappa shape index (κ1) is 16.3. The smallest absolute Gasteiger partial charge is 0.207 e. The van der Waals surface area contributed by atoms with Crippen molar-refractivity contribution >= 4 is 5.82 Å². The Morgan fingerprint density at radius 3 is 2.54 bits per heavy atom. The first-order chi connectivity index (χ1) is 11.8. The Labute approximate surface area is 142 Å². The number of hydrogen-bond acceptors (Lipinski definition) is 6. The van der Waals surface area contributed by atoms with Gasteiger partial charge >= 0.3 is 0 Å². The van der Waals surface area contributed by atoms with Crippen molar-refractivity contribution in [2.45, 2.75) is 13.8 Å². The second kappa shape index (κ2) is 7.32. The second-order valence-electron chi connectivity index (χ2n) is 5.60. The molecule has 1 fully saturated rings. The fourth-order valence-corrected chi connectivity index (χ4v) is 2.87. The highest BCUT2D eigenvalue weighted by molar-refractivity contribution is 5.52. The Morgan fingerprint density at radius 2 is 1.88 bits per heavy atom. The summed E-state index contributed by atoms with van der Waals surface area (Å²) in [7, 11) is 0. The van der Waals surface area contributed by atoms with E-state index >= 15 is 0 Å². The number of anilines is 1.